The second-order valence-corrected chi connectivity index (χ2v) is 10.3. The molecule has 4 aromatic rings. The molecule has 0 bridgehead atoms. The number of hydrogen-bond acceptors (Lipinski definition) is 6. The number of methoxy groups -OCH3 is 1. The number of ketones is 1. The SMILES string of the molecule is CCCC(=O)N(CCOc1ccc(C[C@H](Nc2ccccc2C(=O)c2ccccc2)C(=O)OC)cc1)c1ccccc1Cl. The number of rotatable bonds is 14. The first-order valence-electron chi connectivity index (χ1n) is 14.2. The highest BCUT2D eigenvalue weighted by Crippen LogP contribution is 2.26. The number of ether oxygens (including phenoxy) is 2. The Morgan fingerprint density at radius 2 is 1.53 bits per heavy atom. The standard InChI is InChI=1S/C35H35ClN2O5/c1-3-11-33(39)38(32-17-10-8-15-29(32)36)22-23-43-27-20-18-25(19-21-27)24-31(35(41)42-2)37-30-16-9-7-14-28(30)34(40)26-12-5-4-6-13-26/h4-10,12-21,31,37H,3,11,22-24H2,1-2H3/t31-/m0/s1. The maximum absolute atomic E-state index is 13.2. The van der Waals surface area contributed by atoms with Gasteiger partial charge in [0.05, 0.1) is 24.4 Å². The molecule has 1 atom stereocenters. The van der Waals surface area contributed by atoms with Crippen LogP contribution in [0.2, 0.25) is 5.02 Å². The van der Waals surface area contributed by atoms with E-state index in [0.29, 0.717) is 52.7 Å². The molecule has 4 aromatic carbocycles. The third-order valence-corrected chi connectivity index (χ3v) is 7.20. The van der Waals surface area contributed by atoms with Crippen LogP contribution in [0.25, 0.3) is 0 Å². The average Bonchev–Trinajstić information content (AvgIpc) is 3.04. The van der Waals surface area contributed by atoms with Gasteiger partial charge in [-0.1, -0.05) is 85.3 Å². The largest absolute Gasteiger partial charge is 0.492 e. The lowest BCUT2D eigenvalue weighted by Gasteiger charge is -2.24. The summed E-state index contributed by atoms with van der Waals surface area (Å²) in [4.78, 5) is 40.4. The highest BCUT2D eigenvalue weighted by atomic mass is 35.5. The van der Waals surface area contributed by atoms with Gasteiger partial charge in [-0.05, 0) is 48.4 Å². The Hall–Kier alpha value is -4.62. The van der Waals surface area contributed by atoms with Crippen LogP contribution < -0.4 is 15.0 Å². The Bertz CT molecular complexity index is 1530. The lowest BCUT2D eigenvalue weighted by atomic mass is 10.00. The molecular formula is C35H35ClN2O5. The Labute approximate surface area is 257 Å². The first-order valence-corrected chi connectivity index (χ1v) is 14.6. The summed E-state index contributed by atoms with van der Waals surface area (Å²) in [5.41, 5.74) is 3.11. The normalized spacial score (nSPS) is 11.3. The smallest absolute Gasteiger partial charge is 0.328 e. The van der Waals surface area contributed by atoms with Gasteiger partial charge in [0.25, 0.3) is 0 Å². The lowest BCUT2D eigenvalue weighted by molar-refractivity contribution is -0.141. The van der Waals surface area contributed by atoms with Crippen LogP contribution in [-0.2, 0) is 20.7 Å². The van der Waals surface area contributed by atoms with E-state index < -0.39 is 12.0 Å². The number of benzene rings is 4. The van der Waals surface area contributed by atoms with Crippen molar-refractivity contribution < 1.29 is 23.9 Å². The van der Waals surface area contributed by atoms with Gasteiger partial charge in [0.15, 0.2) is 5.78 Å². The van der Waals surface area contributed by atoms with Gasteiger partial charge in [0.1, 0.15) is 18.4 Å². The number of carbonyl (C=O) groups is 3. The highest BCUT2D eigenvalue weighted by Gasteiger charge is 2.23. The van der Waals surface area contributed by atoms with Gasteiger partial charge >= 0.3 is 5.97 Å². The molecule has 0 aromatic heterocycles. The number of nitrogens with one attached hydrogen (secondary N) is 1. The van der Waals surface area contributed by atoms with Crippen LogP contribution in [0.1, 0.15) is 41.3 Å². The fourth-order valence-corrected chi connectivity index (χ4v) is 4.92. The number of halogens is 1. The minimum atomic E-state index is -0.727. The quantitative estimate of drug-likeness (QED) is 0.124. The summed E-state index contributed by atoms with van der Waals surface area (Å²) in [5, 5.41) is 3.74. The van der Waals surface area contributed by atoms with Crippen LogP contribution in [0, 0.1) is 0 Å². The number of esters is 1. The second kappa shape index (κ2) is 15.6. The fraction of sp³-hybridized carbons (Fsp3) is 0.229. The summed E-state index contributed by atoms with van der Waals surface area (Å²) < 4.78 is 11.0. The molecular weight excluding hydrogens is 564 g/mol. The van der Waals surface area contributed by atoms with Crippen molar-refractivity contribution in [1.82, 2.24) is 0 Å². The number of nitrogens with zero attached hydrogens (tertiary/aromatic N) is 1. The maximum atomic E-state index is 13.2. The lowest BCUT2D eigenvalue weighted by Crippen LogP contribution is -2.34. The van der Waals surface area contributed by atoms with E-state index in [9.17, 15) is 14.4 Å². The zero-order valence-corrected chi connectivity index (χ0v) is 25.1. The van der Waals surface area contributed by atoms with Crippen LogP contribution in [0.3, 0.4) is 0 Å². The monoisotopic (exact) mass is 598 g/mol. The van der Waals surface area contributed by atoms with Gasteiger partial charge in [-0.15, -0.1) is 0 Å². The minimum Gasteiger partial charge on any atom is -0.492 e. The van der Waals surface area contributed by atoms with Gasteiger partial charge < -0.3 is 19.7 Å². The average molecular weight is 599 g/mol. The Morgan fingerprint density at radius 1 is 0.860 bits per heavy atom. The number of hydrogen-bond donors (Lipinski definition) is 1. The van der Waals surface area contributed by atoms with E-state index >= 15 is 0 Å². The maximum Gasteiger partial charge on any atom is 0.328 e. The van der Waals surface area contributed by atoms with Crippen LogP contribution in [0.5, 0.6) is 5.75 Å². The molecule has 7 nitrogen and oxygen atoms in total. The molecule has 0 fully saturated rings. The molecule has 8 heteroatoms. The predicted octanol–water partition coefficient (Wildman–Crippen LogP) is 6.98. The van der Waals surface area contributed by atoms with E-state index in [0.717, 1.165) is 12.0 Å². The number of anilines is 2. The van der Waals surface area contributed by atoms with E-state index in [4.69, 9.17) is 21.1 Å². The highest BCUT2D eigenvalue weighted by molar-refractivity contribution is 6.33. The summed E-state index contributed by atoms with van der Waals surface area (Å²) in [6.45, 7) is 2.59. The van der Waals surface area contributed by atoms with Crippen LogP contribution in [-0.4, -0.2) is 44.0 Å². The van der Waals surface area contributed by atoms with Crippen molar-refractivity contribution in [1.29, 1.82) is 0 Å². The van der Waals surface area contributed by atoms with Crippen molar-refractivity contribution in [2.45, 2.75) is 32.2 Å². The fourth-order valence-electron chi connectivity index (χ4n) is 4.69. The topological polar surface area (TPSA) is 84.9 Å². The van der Waals surface area contributed by atoms with Crippen molar-refractivity contribution in [3.63, 3.8) is 0 Å². The number of para-hydroxylation sites is 2. The first kappa shape index (κ1) is 31.3. The van der Waals surface area contributed by atoms with E-state index in [-0.39, 0.29) is 18.3 Å². The van der Waals surface area contributed by atoms with E-state index in [1.54, 1.807) is 41.3 Å². The molecule has 0 heterocycles. The molecule has 1 N–H and O–H groups in total. The Morgan fingerprint density at radius 3 is 2.23 bits per heavy atom. The summed E-state index contributed by atoms with van der Waals surface area (Å²) in [6, 6.07) is 30.1. The molecule has 0 saturated heterocycles. The predicted molar refractivity (Wildman–Crippen MR) is 170 cm³/mol. The van der Waals surface area contributed by atoms with Crippen molar-refractivity contribution in [3.05, 3.63) is 125 Å². The van der Waals surface area contributed by atoms with Gasteiger partial charge in [-0.3, -0.25) is 9.59 Å². The van der Waals surface area contributed by atoms with Crippen molar-refractivity contribution in [3.8, 4) is 5.75 Å². The van der Waals surface area contributed by atoms with Crippen molar-refractivity contribution in [2.75, 3.05) is 30.5 Å². The molecule has 43 heavy (non-hydrogen) atoms. The molecule has 0 saturated carbocycles. The van der Waals surface area contributed by atoms with Crippen molar-refractivity contribution in [2.24, 2.45) is 0 Å². The third kappa shape index (κ3) is 8.46. The summed E-state index contributed by atoms with van der Waals surface area (Å²) in [6.07, 6.45) is 1.48. The molecule has 0 spiro atoms. The van der Waals surface area contributed by atoms with E-state index in [2.05, 4.69) is 5.32 Å². The van der Waals surface area contributed by atoms with Crippen LogP contribution >= 0.6 is 11.6 Å². The third-order valence-electron chi connectivity index (χ3n) is 6.88. The summed E-state index contributed by atoms with van der Waals surface area (Å²) >= 11 is 6.36. The molecule has 0 aliphatic carbocycles. The number of carbonyl (C=O) groups excluding carboxylic acids is 3. The van der Waals surface area contributed by atoms with E-state index in [1.165, 1.54) is 7.11 Å². The number of amides is 1. The Kier molecular flexibility index (Phi) is 11.3. The van der Waals surface area contributed by atoms with Crippen molar-refractivity contribution >= 4 is 40.6 Å². The summed E-state index contributed by atoms with van der Waals surface area (Å²) in [7, 11) is 1.34. The van der Waals surface area contributed by atoms with Gasteiger partial charge in [-0.2, -0.15) is 0 Å². The minimum absolute atomic E-state index is 0.0112. The molecule has 4 rings (SSSR count). The van der Waals surface area contributed by atoms with Gasteiger partial charge in [0.2, 0.25) is 5.91 Å². The second-order valence-electron chi connectivity index (χ2n) is 9.90. The van der Waals surface area contributed by atoms with Gasteiger partial charge in [-0.25, -0.2) is 4.79 Å². The van der Waals surface area contributed by atoms with E-state index in [1.807, 2.05) is 73.7 Å². The first-order chi connectivity index (χ1) is 20.9. The molecule has 1 amide bonds. The molecule has 0 aliphatic rings. The van der Waals surface area contributed by atoms with Crippen LogP contribution in [0.4, 0.5) is 11.4 Å². The molecule has 222 valence electrons. The molecule has 0 unspecified atom stereocenters. The zero-order valence-electron chi connectivity index (χ0n) is 24.3. The molecule has 0 aliphatic heterocycles. The van der Waals surface area contributed by atoms with Gasteiger partial charge in [0, 0.05) is 29.7 Å². The zero-order chi connectivity index (χ0) is 30.6. The molecule has 0 radical (unpaired) electrons. The summed E-state index contributed by atoms with van der Waals surface area (Å²) in [5.74, 6) is 0.0344. The van der Waals surface area contributed by atoms with Crippen LogP contribution in [0.15, 0.2) is 103 Å². The Balaban J connectivity index is 1.42.